The van der Waals surface area contributed by atoms with Crippen molar-refractivity contribution in [1.82, 2.24) is 9.27 Å². The van der Waals surface area contributed by atoms with E-state index in [1.54, 1.807) is 12.3 Å². The zero-order valence-electron chi connectivity index (χ0n) is 6.96. The van der Waals surface area contributed by atoms with E-state index >= 15 is 0 Å². The molecule has 0 aliphatic carbocycles. The molecular weight excluding hydrogens is 176 g/mol. The summed E-state index contributed by atoms with van der Waals surface area (Å²) < 4.78 is 1.11. The molecular formula is C7H10N2O2S. The minimum absolute atomic E-state index is 0.231. The Morgan fingerprint density at radius 1 is 1.75 bits per heavy atom. The summed E-state index contributed by atoms with van der Waals surface area (Å²) in [7, 11) is 0. The fraction of sp³-hybridized carbons (Fsp3) is 0.429. The summed E-state index contributed by atoms with van der Waals surface area (Å²) in [5, 5.41) is 4.21. The number of hydrogen-bond donors (Lipinski definition) is 1. The van der Waals surface area contributed by atoms with Crippen molar-refractivity contribution in [2.24, 2.45) is 0 Å². The van der Waals surface area contributed by atoms with Gasteiger partial charge >= 0.3 is 6.03 Å². The average molecular weight is 186 g/mol. The van der Waals surface area contributed by atoms with Crippen LogP contribution in [0.2, 0.25) is 0 Å². The Hall–Kier alpha value is -1.10. The molecule has 0 bridgehead atoms. The van der Waals surface area contributed by atoms with E-state index in [1.807, 2.05) is 6.92 Å². The van der Waals surface area contributed by atoms with Gasteiger partial charge in [0.05, 0.1) is 0 Å². The number of carbonyl (C=O) groups excluding carboxylic acids is 1. The van der Waals surface area contributed by atoms with Crippen molar-refractivity contribution < 1.29 is 4.79 Å². The Balaban J connectivity index is 2.96. The fourth-order valence-corrected chi connectivity index (χ4v) is 1.52. The van der Waals surface area contributed by atoms with Crippen LogP contribution < -0.4 is 10.9 Å². The number of amides is 1. The standard InChI is InChI=1S/C7H10N2O2S/c1-3-8-7(11)9-6(10)5(2)4-12-9/h4H,3H2,1-2H3,(H,8,11). The van der Waals surface area contributed by atoms with Gasteiger partial charge in [0.25, 0.3) is 5.56 Å². The van der Waals surface area contributed by atoms with Crippen LogP contribution >= 0.6 is 11.5 Å². The molecule has 0 fully saturated rings. The van der Waals surface area contributed by atoms with E-state index in [-0.39, 0.29) is 11.6 Å². The number of nitrogens with one attached hydrogen (secondary N) is 1. The number of hydrogen-bond acceptors (Lipinski definition) is 3. The van der Waals surface area contributed by atoms with Crippen molar-refractivity contribution in [2.45, 2.75) is 13.8 Å². The summed E-state index contributed by atoms with van der Waals surface area (Å²) in [6.45, 7) is 4.03. The van der Waals surface area contributed by atoms with Gasteiger partial charge in [-0.1, -0.05) is 11.5 Å². The molecule has 1 N–H and O–H groups in total. The quantitative estimate of drug-likeness (QED) is 0.705. The number of carbonyl (C=O) groups is 1. The molecule has 0 unspecified atom stereocenters. The molecule has 12 heavy (non-hydrogen) atoms. The minimum atomic E-state index is -0.347. The van der Waals surface area contributed by atoms with E-state index in [0.29, 0.717) is 12.1 Å². The topological polar surface area (TPSA) is 51.1 Å². The normalized spacial score (nSPS) is 9.83. The first-order chi connectivity index (χ1) is 5.66. The predicted octanol–water partition coefficient (Wildman–Crippen LogP) is 0.796. The van der Waals surface area contributed by atoms with Gasteiger partial charge in [0.2, 0.25) is 0 Å². The van der Waals surface area contributed by atoms with E-state index in [0.717, 1.165) is 15.5 Å². The summed E-state index contributed by atoms with van der Waals surface area (Å²) in [4.78, 5) is 22.3. The van der Waals surface area contributed by atoms with E-state index in [4.69, 9.17) is 0 Å². The van der Waals surface area contributed by atoms with E-state index in [9.17, 15) is 9.59 Å². The molecule has 1 rings (SSSR count). The van der Waals surface area contributed by atoms with Gasteiger partial charge in [-0.2, -0.15) is 3.96 Å². The van der Waals surface area contributed by atoms with Crippen LogP contribution in [0.15, 0.2) is 10.2 Å². The molecule has 0 saturated carbocycles. The molecule has 0 aliphatic rings. The Kier molecular flexibility index (Phi) is 2.65. The Morgan fingerprint density at radius 3 is 2.83 bits per heavy atom. The summed E-state index contributed by atoms with van der Waals surface area (Å²) >= 11 is 1.12. The van der Waals surface area contributed by atoms with Crippen molar-refractivity contribution in [1.29, 1.82) is 0 Å². The second-order valence-corrected chi connectivity index (χ2v) is 3.15. The molecule has 0 atom stereocenters. The molecule has 1 heterocycles. The van der Waals surface area contributed by atoms with Crippen LogP contribution in [-0.4, -0.2) is 16.5 Å². The van der Waals surface area contributed by atoms with Crippen LogP contribution in [0.25, 0.3) is 0 Å². The highest BCUT2D eigenvalue weighted by atomic mass is 32.1. The van der Waals surface area contributed by atoms with Crippen LogP contribution in [-0.2, 0) is 0 Å². The van der Waals surface area contributed by atoms with Crippen molar-refractivity contribution in [3.05, 3.63) is 21.3 Å². The molecule has 66 valence electrons. The lowest BCUT2D eigenvalue weighted by Crippen LogP contribution is -2.33. The second-order valence-electron chi connectivity index (χ2n) is 2.34. The van der Waals surface area contributed by atoms with Crippen LogP contribution in [0.5, 0.6) is 0 Å². The first-order valence-electron chi connectivity index (χ1n) is 3.62. The van der Waals surface area contributed by atoms with Crippen molar-refractivity contribution >= 4 is 17.6 Å². The van der Waals surface area contributed by atoms with Crippen LogP contribution in [0.4, 0.5) is 4.79 Å². The van der Waals surface area contributed by atoms with Crippen molar-refractivity contribution in [2.75, 3.05) is 6.54 Å². The van der Waals surface area contributed by atoms with Gasteiger partial charge < -0.3 is 5.32 Å². The molecule has 5 heteroatoms. The minimum Gasteiger partial charge on any atom is -0.337 e. The molecule has 0 aromatic carbocycles. The van der Waals surface area contributed by atoms with Crippen molar-refractivity contribution in [3.8, 4) is 0 Å². The van der Waals surface area contributed by atoms with Gasteiger partial charge in [0.1, 0.15) is 0 Å². The smallest absolute Gasteiger partial charge is 0.337 e. The highest BCUT2D eigenvalue weighted by Gasteiger charge is 2.08. The molecule has 1 aromatic rings. The molecule has 0 saturated heterocycles. The van der Waals surface area contributed by atoms with Crippen molar-refractivity contribution in [3.63, 3.8) is 0 Å². The Bertz CT molecular complexity index is 339. The summed E-state index contributed by atoms with van der Waals surface area (Å²) in [6.07, 6.45) is 0. The molecule has 0 radical (unpaired) electrons. The van der Waals surface area contributed by atoms with Gasteiger partial charge in [0, 0.05) is 17.5 Å². The number of rotatable bonds is 1. The van der Waals surface area contributed by atoms with Gasteiger partial charge in [-0.15, -0.1) is 0 Å². The maximum atomic E-state index is 11.2. The van der Waals surface area contributed by atoms with Crippen LogP contribution in [0.1, 0.15) is 12.5 Å². The van der Waals surface area contributed by atoms with E-state index in [1.165, 1.54) is 0 Å². The van der Waals surface area contributed by atoms with Gasteiger partial charge in [-0.05, 0) is 13.8 Å². The maximum Gasteiger partial charge on any atom is 0.338 e. The highest BCUT2D eigenvalue weighted by Crippen LogP contribution is 1.97. The monoisotopic (exact) mass is 186 g/mol. The fourth-order valence-electron chi connectivity index (χ4n) is 0.753. The van der Waals surface area contributed by atoms with E-state index < -0.39 is 0 Å². The number of aryl methyl sites for hydroxylation is 1. The average Bonchev–Trinajstić information content (AvgIpc) is 2.34. The Labute approximate surface area is 74.0 Å². The first-order valence-corrected chi connectivity index (χ1v) is 4.46. The summed E-state index contributed by atoms with van der Waals surface area (Å²) in [5.41, 5.74) is 0.372. The first kappa shape index (κ1) is 8.99. The molecule has 0 spiro atoms. The SMILES string of the molecule is CCNC(=O)n1scc(C)c1=O. The third-order valence-electron chi connectivity index (χ3n) is 1.37. The highest BCUT2D eigenvalue weighted by molar-refractivity contribution is 7.05. The zero-order valence-corrected chi connectivity index (χ0v) is 7.77. The largest absolute Gasteiger partial charge is 0.338 e. The molecule has 1 amide bonds. The van der Waals surface area contributed by atoms with Gasteiger partial charge in [0.15, 0.2) is 0 Å². The van der Waals surface area contributed by atoms with Crippen LogP contribution in [0, 0.1) is 6.92 Å². The zero-order chi connectivity index (χ0) is 9.14. The lowest BCUT2D eigenvalue weighted by atomic mass is 10.4. The molecule has 1 aromatic heterocycles. The number of nitrogens with zero attached hydrogens (tertiary/aromatic N) is 1. The Morgan fingerprint density at radius 2 is 2.42 bits per heavy atom. The van der Waals surface area contributed by atoms with Gasteiger partial charge in [-0.25, -0.2) is 4.79 Å². The third kappa shape index (κ3) is 1.55. The summed E-state index contributed by atoms with van der Waals surface area (Å²) in [5.74, 6) is 0. The lowest BCUT2D eigenvalue weighted by molar-refractivity contribution is 0.244. The lowest BCUT2D eigenvalue weighted by Gasteiger charge is -1.98. The van der Waals surface area contributed by atoms with E-state index in [2.05, 4.69) is 5.32 Å². The third-order valence-corrected chi connectivity index (χ3v) is 2.37. The van der Waals surface area contributed by atoms with Gasteiger partial charge in [-0.3, -0.25) is 4.79 Å². The molecule has 4 nitrogen and oxygen atoms in total. The molecule has 0 aliphatic heterocycles. The maximum absolute atomic E-state index is 11.2. The summed E-state index contributed by atoms with van der Waals surface area (Å²) in [6, 6.07) is -0.347. The second kappa shape index (κ2) is 3.53. The predicted molar refractivity (Wildman–Crippen MR) is 47.8 cm³/mol. The van der Waals surface area contributed by atoms with Crippen LogP contribution in [0.3, 0.4) is 0 Å². The number of aromatic nitrogens is 1.